The molecule has 1 aliphatic heterocycles. The Morgan fingerprint density at radius 1 is 1.36 bits per heavy atom. The van der Waals surface area contributed by atoms with Crippen LogP contribution < -0.4 is 0 Å². The lowest BCUT2D eigenvalue weighted by Gasteiger charge is -2.02. The van der Waals surface area contributed by atoms with Crippen LogP contribution >= 0.6 is 11.8 Å². The summed E-state index contributed by atoms with van der Waals surface area (Å²) in [5.41, 5.74) is 0.839. The Hall–Kier alpha value is -1.41. The minimum atomic E-state index is -2.89. The van der Waals surface area contributed by atoms with Crippen molar-refractivity contribution in [2.24, 2.45) is 5.92 Å². The number of aromatic nitrogens is 2. The van der Waals surface area contributed by atoms with Crippen LogP contribution in [-0.4, -0.2) is 30.1 Å². The van der Waals surface area contributed by atoms with E-state index in [1.807, 2.05) is 6.07 Å². The Bertz CT molecular complexity index is 761. The molecule has 1 aliphatic rings. The highest BCUT2D eigenvalue weighted by Gasteiger charge is 2.29. The van der Waals surface area contributed by atoms with Crippen molar-refractivity contribution in [2.75, 3.05) is 11.5 Å². The number of sulfone groups is 1. The van der Waals surface area contributed by atoms with E-state index >= 15 is 0 Å². The van der Waals surface area contributed by atoms with Crippen molar-refractivity contribution in [3.8, 4) is 0 Å². The van der Waals surface area contributed by atoms with Crippen molar-refractivity contribution in [1.82, 2.24) is 10.2 Å². The molecular formula is C14H15FN2O3S2. The van der Waals surface area contributed by atoms with Crippen LogP contribution in [0.4, 0.5) is 4.39 Å². The summed E-state index contributed by atoms with van der Waals surface area (Å²) < 4.78 is 41.4. The molecule has 1 unspecified atom stereocenters. The Kier molecular flexibility index (Phi) is 4.49. The van der Waals surface area contributed by atoms with Gasteiger partial charge in [0.1, 0.15) is 5.82 Å². The molecule has 0 amide bonds. The predicted molar refractivity (Wildman–Crippen MR) is 80.7 cm³/mol. The molecule has 1 aromatic heterocycles. The van der Waals surface area contributed by atoms with Gasteiger partial charge in [0.25, 0.3) is 5.22 Å². The fourth-order valence-corrected chi connectivity index (χ4v) is 5.02. The highest BCUT2D eigenvalue weighted by atomic mass is 32.2. The molecule has 0 saturated carbocycles. The van der Waals surface area contributed by atoms with Gasteiger partial charge >= 0.3 is 0 Å². The fourth-order valence-electron chi connectivity index (χ4n) is 2.43. The maximum atomic E-state index is 13.1. The molecule has 0 spiro atoms. The number of halogens is 1. The summed E-state index contributed by atoms with van der Waals surface area (Å²) >= 11 is 1.34. The molecule has 0 N–H and O–H groups in total. The summed E-state index contributed by atoms with van der Waals surface area (Å²) in [6.45, 7) is 0. The molecule has 22 heavy (non-hydrogen) atoms. The smallest absolute Gasteiger partial charge is 0.276 e. The first-order chi connectivity index (χ1) is 10.5. The number of thioether (sulfide) groups is 1. The third-order valence-corrected chi connectivity index (χ3v) is 6.22. The zero-order valence-corrected chi connectivity index (χ0v) is 13.4. The number of hydrogen-bond acceptors (Lipinski definition) is 6. The second kappa shape index (κ2) is 6.37. The molecular weight excluding hydrogens is 327 g/mol. The molecule has 3 rings (SSSR count). The number of rotatable bonds is 5. The monoisotopic (exact) mass is 342 g/mol. The summed E-state index contributed by atoms with van der Waals surface area (Å²) in [4.78, 5) is 0. The topological polar surface area (TPSA) is 73.1 Å². The largest absolute Gasteiger partial charge is 0.416 e. The second-order valence-corrected chi connectivity index (χ2v) is 8.51. The Morgan fingerprint density at radius 2 is 2.23 bits per heavy atom. The van der Waals surface area contributed by atoms with E-state index in [1.165, 1.54) is 23.9 Å². The molecule has 2 heterocycles. The highest BCUT2D eigenvalue weighted by Crippen LogP contribution is 2.25. The summed E-state index contributed by atoms with van der Waals surface area (Å²) in [6.07, 6.45) is 1.14. The van der Waals surface area contributed by atoms with Gasteiger partial charge in [-0.15, -0.1) is 10.2 Å². The second-order valence-electron chi connectivity index (χ2n) is 5.35. The van der Waals surface area contributed by atoms with Crippen LogP contribution in [0.25, 0.3) is 0 Å². The van der Waals surface area contributed by atoms with Gasteiger partial charge in [0.15, 0.2) is 9.84 Å². The zero-order valence-electron chi connectivity index (χ0n) is 11.7. The van der Waals surface area contributed by atoms with E-state index in [1.54, 1.807) is 6.07 Å². The minimum Gasteiger partial charge on any atom is -0.416 e. The molecule has 1 aromatic carbocycles. The van der Waals surface area contributed by atoms with Crippen LogP contribution in [0.5, 0.6) is 0 Å². The van der Waals surface area contributed by atoms with Gasteiger partial charge in [-0.2, -0.15) is 0 Å². The minimum absolute atomic E-state index is 0.0616. The van der Waals surface area contributed by atoms with Crippen LogP contribution in [0.1, 0.15) is 17.9 Å². The number of hydrogen-bond donors (Lipinski definition) is 0. The number of nitrogens with zero attached hydrogens (tertiary/aromatic N) is 2. The molecule has 0 aliphatic carbocycles. The van der Waals surface area contributed by atoms with Crippen molar-refractivity contribution < 1.29 is 17.2 Å². The normalized spacial score (nSPS) is 20.3. The molecule has 1 fully saturated rings. The lowest BCUT2D eigenvalue weighted by molar-refractivity contribution is 0.389. The molecule has 5 nitrogen and oxygen atoms in total. The van der Waals surface area contributed by atoms with Gasteiger partial charge in [0.2, 0.25) is 5.89 Å². The summed E-state index contributed by atoms with van der Waals surface area (Å²) in [7, 11) is -2.89. The lowest BCUT2D eigenvalue weighted by Crippen LogP contribution is -2.07. The molecule has 8 heteroatoms. The van der Waals surface area contributed by atoms with Crippen molar-refractivity contribution >= 4 is 21.6 Å². The first-order valence-corrected chi connectivity index (χ1v) is 9.71. The average Bonchev–Trinajstić information content (AvgIpc) is 3.03. The van der Waals surface area contributed by atoms with Crippen LogP contribution in [0.2, 0.25) is 0 Å². The van der Waals surface area contributed by atoms with Gasteiger partial charge < -0.3 is 4.42 Å². The van der Waals surface area contributed by atoms with E-state index in [9.17, 15) is 12.8 Å². The quantitative estimate of drug-likeness (QED) is 0.777. The maximum absolute atomic E-state index is 13.1. The van der Waals surface area contributed by atoms with Gasteiger partial charge in [0, 0.05) is 12.2 Å². The Balaban J connectivity index is 1.55. The van der Waals surface area contributed by atoms with Crippen LogP contribution in [0, 0.1) is 11.7 Å². The van der Waals surface area contributed by atoms with Crippen molar-refractivity contribution in [1.29, 1.82) is 0 Å². The third-order valence-electron chi connectivity index (χ3n) is 3.49. The van der Waals surface area contributed by atoms with Crippen LogP contribution in [0.3, 0.4) is 0 Å². The molecule has 1 saturated heterocycles. The van der Waals surface area contributed by atoms with Crippen molar-refractivity contribution in [2.45, 2.75) is 23.8 Å². The molecule has 118 valence electrons. The molecule has 1 atom stereocenters. The molecule has 2 aromatic rings. The van der Waals surface area contributed by atoms with E-state index in [2.05, 4.69) is 10.2 Å². The zero-order chi connectivity index (χ0) is 15.6. The van der Waals surface area contributed by atoms with Crippen LogP contribution in [0.15, 0.2) is 33.9 Å². The van der Waals surface area contributed by atoms with Gasteiger partial charge in [0.05, 0.1) is 11.5 Å². The number of benzene rings is 1. The average molecular weight is 342 g/mol. The fraction of sp³-hybridized carbons (Fsp3) is 0.429. The first kappa shape index (κ1) is 15.5. The first-order valence-electron chi connectivity index (χ1n) is 6.90. The third kappa shape index (κ3) is 4.07. The van der Waals surface area contributed by atoms with Crippen LogP contribution in [-0.2, 0) is 22.0 Å². The van der Waals surface area contributed by atoms with E-state index in [-0.39, 0.29) is 23.2 Å². The molecule has 0 radical (unpaired) electrons. The lowest BCUT2D eigenvalue weighted by atomic mass is 10.1. The van der Waals surface area contributed by atoms with Gasteiger partial charge in [-0.05, 0) is 30.0 Å². The predicted octanol–water partition coefficient (Wildman–Crippen LogP) is 2.48. The highest BCUT2D eigenvalue weighted by molar-refractivity contribution is 7.98. The SMILES string of the molecule is O=S1(=O)CCC(Cc2nnc(SCc3cccc(F)c3)o2)C1. The van der Waals surface area contributed by atoms with E-state index in [0.717, 1.165) is 5.56 Å². The summed E-state index contributed by atoms with van der Waals surface area (Å²) in [5, 5.41) is 8.30. The summed E-state index contributed by atoms with van der Waals surface area (Å²) in [6, 6.07) is 6.35. The van der Waals surface area contributed by atoms with E-state index in [4.69, 9.17) is 4.42 Å². The van der Waals surface area contributed by atoms with Gasteiger partial charge in [-0.3, -0.25) is 0 Å². The van der Waals surface area contributed by atoms with E-state index < -0.39 is 9.84 Å². The maximum Gasteiger partial charge on any atom is 0.276 e. The molecule has 0 bridgehead atoms. The van der Waals surface area contributed by atoms with E-state index in [0.29, 0.717) is 29.7 Å². The summed E-state index contributed by atoms with van der Waals surface area (Å²) in [5.74, 6) is 1.23. The van der Waals surface area contributed by atoms with Crippen molar-refractivity contribution in [3.63, 3.8) is 0 Å². The van der Waals surface area contributed by atoms with Gasteiger partial charge in [-0.1, -0.05) is 23.9 Å². The van der Waals surface area contributed by atoms with Crippen molar-refractivity contribution in [3.05, 3.63) is 41.5 Å². The Morgan fingerprint density at radius 3 is 2.95 bits per heavy atom. The van der Waals surface area contributed by atoms with Gasteiger partial charge in [-0.25, -0.2) is 12.8 Å². The Labute approximate surface area is 132 Å². The standard InChI is InChI=1S/C14H15FN2O3S2/c15-12-3-1-2-10(6-12)8-21-14-17-16-13(20-14)7-11-4-5-22(18,19)9-11/h1-3,6,11H,4-5,7-9H2.